The molecule has 0 radical (unpaired) electrons. The number of anilines is 1. The molecule has 1 N–H and O–H groups in total. The molecule has 1 heterocycles. The third kappa shape index (κ3) is 3.79. The van der Waals surface area contributed by atoms with Crippen molar-refractivity contribution in [2.45, 2.75) is 0 Å². The highest BCUT2D eigenvalue weighted by molar-refractivity contribution is 6.30. The van der Waals surface area contributed by atoms with Gasteiger partial charge in [-0.15, -0.1) is 0 Å². The van der Waals surface area contributed by atoms with Crippen molar-refractivity contribution in [1.29, 1.82) is 0 Å². The fraction of sp³-hybridized carbons (Fsp3) is 0.133. The highest BCUT2D eigenvalue weighted by Crippen LogP contribution is 2.14. The molecule has 0 aliphatic rings. The second-order valence-electron chi connectivity index (χ2n) is 4.59. The minimum atomic E-state index is -0.382. The van der Waals surface area contributed by atoms with E-state index in [4.69, 9.17) is 11.6 Å². The van der Waals surface area contributed by atoms with Crippen molar-refractivity contribution in [3.8, 4) is 0 Å². The van der Waals surface area contributed by atoms with Crippen LogP contribution in [0.3, 0.4) is 0 Å². The smallest absolute Gasteiger partial charge is 0.274 e. The maximum absolute atomic E-state index is 12.1. The number of rotatable bonds is 3. The van der Waals surface area contributed by atoms with Gasteiger partial charge in [-0.1, -0.05) is 17.7 Å². The highest BCUT2D eigenvalue weighted by Gasteiger charge is 2.11. The molecule has 0 fully saturated rings. The predicted octanol–water partition coefficient (Wildman–Crippen LogP) is 2.69. The minimum Gasteiger partial charge on any atom is -0.345 e. The summed E-state index contributed by atoms with van der Waals surface area (Å²) in [4.78, 5) is 29.4. The summed E-state index contributed by atoms with van der Waals surface area (Å²) in [5, 5.41) is 3.13. The van der Waals surface area contributed by atoms with E-state index in [0.717, 1.165) is 0 Å². The summed E-state index contributed by atoms with van der Waals surface area (Å²) in [6.07, 6.45) is 1.46. The molecule has 2 aromatic rings. The first kappa shape index (κ1) is 15.0. The number of carbonyl (C=O) groups is 2. The van der Waals surface area contributed by atoms with Crippen molar-refractivity contribution in [1.82, 2.24) is 9.88 Å². The Bertz CT molecular complexity index is 686. The first-order chi connectivity index (χ1) is 9.97. The lowest BCUT2D eigenvalue weighted by Gasteiger charge is -2.11. The molecular weight excluding hydrogens is 290 g/mol. The Kier molecular flexibility index (Phi) is 4.55. The van der Waals surface area contributed by atoms with E-state index in [1.807, 2.05) is 0 Å². The van der Waals surface area contributed by atoms with Gasteiger partial charge >= 0.3 is 0 Å². The van der Waals surface area contributed by atoms with Crippen LogP contribution in [0, 0.1) is 0 Å². The van der Waals surface area contributed by atoms with E-state index in [0.29, 0.717) is 16.3 Å². The number of nitrogens with zero attached hydrogens (tertiary/aromatic N) is 2. The number of nitrogens with one attached hydrogen (secondary N) is 1. The number of aromatic nitrogens is 1. The molecule has 0 bridgehead atoms. The van der Waals surface area contributed by atoms with Gasteiger partial charge in [-0.2, -0.15) is 0 Å². The van der Waals surface area contributed by atoms with Gasteiger partial charge in [-0.3, -0.25) is 14.6 Å². The van der Waals surface area contributed by atoms with Crippen LogP contribution in [0.2, 0.25) is 5.02 Å². The van der Waals surface area contributed by atoms with E-state index in [2.05, 4.69) is 10.3 Å². The summed E-state index contributed by atoms with van der Waals surface area (Å²) >= 11 is 5.82. The fourth-order valence-electron chi connectivity index (χ4n) is 1.71. The van der Waals surface area contributed by atoms with Gasteiger partial charge in [0.15, 0.2) is 0 Å². The van der Waals surface area contributed by atoms with Crippen LogP contribution in [-0.4, -0.2) is 35.8 Å². The van der Waals surface area contributed by atoms with Gasteiger partial charge in [-0.05, 0) is 30.3 Å². The molecule has 2 amide bonds. The van der Waals surface area contributed by atoms with Gasteiger partial charge < -0.3 is 10.2 Å². The molecular formula is C15H14ClN3O2. The van der Waals surface area contributed by atoms with Crippen molar-refractivity contribution in [3.05, 3.63) is 58.9 Å². The molecule has 1 aromatic heterocycles. The minimum absolute atomic E-state index is 0.132. The number of benzene rings is 1. The Morgan fingerprint density at radius 3 is 2.62 bits per heavy atom. The lowest BCUT2D eigenvalue weighted by Crippen LogP contribution is -2.22. The quantitative estimate of drug-likeness (QED) is 0.948. The Morgan fingerprint density at radius 2 is 1.95 bits per heavy atom. The van der Waals surface area contributed by atoms with Crippen molar-refractivity contribution < 1.29 is 9.59 Å². The Hall–Kier alpha value is -2.40. The van der Waals surface area contributed by atoms with Crippen molar-refractivity contribution in [2.75, 3.05) is 19.4 Å². The molecule has 0 aliphatic carbocycles. The monoisotopic (exact) mass is 303 g/mol. The predicted molar refractivity (Wildman–Crippen MR) is 81.7 cm³/mol. The molecule has 2 rings (SSSR count). The maximum Gasteiger partial charge on any atom is 0.274 e. The highest BCUT2D eigenvalue weighted by atomic mass is 35.5. The summed E-state index contributed by atoms with van der Waals surface area (Å²) < 4.78 is 0. The number of amides is 2. The second kappa shape index (κ2) is 6.37. The first-order valence-corrected chi connectivity index (χ1v) is 6.60. The number of hydrogen-bond acceptors (Lipinski definition) is 3. The first-order valence-electron chi connectivity index (χ1n) is 6.22. The van der Waals surface area contributed by atoms with Gasteiger partial charge in [0.05, 0.1) is 0 Å². The van der Waals surface area contributed by atoms with Crippen molar-refractivity contribution in [2.24, 2.45) is 0 Å². The van der Waals surface area contributed by atoms with Gasteiger partial charge in [0.25, 0.3) is 11.8 Å². The van der Waals surface area contributed by atoms with Crippen molar-refractivity contribution in [3.63, 3.8) is 0 Å². The van der Waals surface area contributed by atoms with Crippen LogP contribution in [-0.2, 0) is 0 Å². The lowest BCUT2D eigenvalue weighted by atomic mass is 10.2. The molecule has 0 atom stereocenters. The van der Waals surface area contributed by atoms with Crippen molar-refractivity contribution >= 4 is 29.1 Å². The van der Waals surface area contributed by atoms with Gasteiger partial charge in [0.2, 0.25) is 0 Å². The van der Waals surface area contributed by atoms with Gasteiger partial charge in [0, 0.05) is 36.6 Å². The summed E-state index contributed by atoms with van der Waals surface area (Å²) in [6, 6.07) is 9.79. The Morgan fingerprint density at radius 1 is 1.19 bits per heavy atom. The molecule has 0 aliphatic heterocycles. The molecule has 0 saturated carbocycles. The summed E-state index contributed by atoms with van der Waals surface area (Å²) in [6.45, 7) is 0. The van der Waals surface area contributed by atoms with Gasteiger partial charge in [0.1, 0.15) is 5.69 Å². The summed E-state index contributed by atoms with van der Waals surface area (Å²) in [5.74, 6) is -0.515. The normalized spacial score (nSPS) is 10.0. The zero-order valence-corrected chi connectivity index (χ0v) is 12.4. The van der Waals surface area contributed by atoms with Crippen LogP contribution < -0.4 is 5.32 Å². The SMILES string of the molecule is CN(C)C(=O)c1cccc(NC(=O)c2cc(Cl)ccn2)c1. The zero-order valence-electron chi connectivity index (χ0n) is 11.6. The summed E-state index contributed by atoms with van der Waals surface area (Å²) in [7, 11) is 3.34. The van der Waals surface area contributed by atoms with Crippen LogP contribution in [0.15, 0.2) is 42.6 Å². The van der Waals surface area contributed by atoms with E-state index in [-0.39, 0.29) is 17.5 Å². The average Bonchev–Trinajstić information content (AvgIpc) is 2.46. The van der Waals surface area contributed by atoms with E-state index in [1.54, 1.807) is 44.4 Å². The lowest BCUT2D eigenvalue weighted by molar-refractivity contribution is 0.0827. The van der Waals surface area contributed by atoms with Crippen LogP contribution in [0.5, 0.6) is 0 Å². The fourth-order valence-corrected chi connectivity index (χ4v) is 1.87. The standard InChI is InChI=1S/C15H14ClN3O2/c1-19(2)15(21)10-4-3-5-12(8-10)18-14(20)13-9-11(16)6-7-17-13/h3-9H,1-2H3,(H,18,20). The topological polar surface area (TPSA) is 62.3 Å². The van der Waals surface area contributed by atoms with E-state index in [9.17, 15) is 9.59 Å². The maximum atomic E-state index is 12.1. The number of carbonyl (C=O) groups excluding carboxylic acids is 2. The van der Waals surface area contributed by atoms with E-state index >= 15 is 0 Å². The van der Waals surface area contributed by atoms with Crippen LogP contribution in [0.25, 0.3) is 0 Å². The molecule has 5 nitrogen and oxygen atoms in total. The van der Waals surface area contributed by atoms with Crippen LogP contribution >= 0.6 is 11.6 Å². The van der Waals surface area contributed by atoms with E-state index in [1.165, 1.54) is 17.2 Å². The molecule has 1 aromatic carbocycles. The van der Waals surface area contributed by atoms with E-state index < -0.39 is 0 Å². The number of halogens is 1. The van der Waals surface area contributed by atoms with Crippen LogP contribution in [0.1, 0.15) is 20.8 Å². The zero-order chi connectivity index (χ0) is 15.4. The van der Waals surface area contributed by atoms with Crippen LogP contribution in [0.4, 0.5) is 5.69 Å². The molecule has 21 heavy (non-hydrogen) atoms. The third-order valence-corrected chi connectivity index (χ3v) is 2.96. The Balaban J connectivity index is 2.18. The summed E-state index contributed by atoms with van der Waals surface area (Å²) in [5.41, 5.74) is 1.23. The Labute approximate surface area is 127 Å². The average molecular weight is 304 g/mol. The molecule has 6 heteroatoms. The van der Waals surface area contributed by atoms with Gasteiger partial charge in [-0.25, -0.2) is 0 Å². The largest absolute Gasteiger partial charge is 0.345 e. The number of pyridine rings is 1. The second-order valence-corrected chi connectivity index (χ2v) is 5.03. The number of hydrogen-bond donors (Lipinski definition) is 1. The molecule has 0 spiro atoms. The molecule has 0 saturated heterocycles. The molecule has 0 unspecified atom stereocenters. The third-order valence-electron chi connectivity index (χ3n) is 2.73. The molecule has 108 valence electrons.